The Balaban J connectivity index is 1.76. The van der Waals surface area contributed by atoms with E-state index in [-0.39, 0.29) is 0 Å². The number of H-pyrrole nitrogens is 1. The summed E-state index contributed by atoms with van der Waals surface area (Å²) < 4.78 is 0. The first kappa shape index (κ1) is 13.5. The highest BCUT2D eigenvalue weighted by atomic mass is 15.1. The number of aromatic nitrogens is 4. The lowest BCUT2D eigenvalue weighted by Crippen LogP contribution is -2.06. The van der Waals surface area contributed by atoms with Gasteiger partial charge in [0, 0.05) is 24.0 Å². The molecular weight excluding hydrogens is 238 g/mol. The fourth-order valence-corrected chi connectivity index (χ4v) is 2.01. The molecule has 0 spiro atoms. The molecule has 0 aliphatic heterocycles. The molecule has 19 heavy (non-hydrogen) atoms. The van der Waals surface area contributed by atoms with Crippen LogP contribution in [0, 0.1) is 6.92 Å². The Labute approximate surface area is 113 Å². The van der Waals surface area contributed by atoms with Crippen LogP contribution in [0.25, 0.3) is 0 Å². The summed E-state index contributed by atoms with van der Waals surface area (Å²) in [5.74, 6) is 0.919. The van der Waals surface area contributed by atoms with Gasteiger partial charge in [0.25, 0.3) is 0 Å². The third kappa shape index (κ3) is 4.05. The van der Waals surface area contributed by atoms with Gasteiger partial charge in [0.1, 0.15) is 12.1 Å². The second-order valence-corrected chi connectivity index (χ2v) is 4.70. The molecule has 0 atom stereocenters. The fraction of sp³-hybridized carbons (Fsp3) is 0.500. The van der Waals surface area contributed by atoms with Gasteiger partial charge < -0.3 is 5.32 Å². The van der Waals surface area contributed by atoms with Crippen molar-refractivity contribution < 1.29 is 0 Å². The van der Waals surface area contributed by atoms with Crippen LogP contribution in [0.2, 0.25) is 0 Å². The lowest BCUT2D eigenvalue weighted by molar-refractivity contribution is 0.844. The van der Waals surface area contributed by atoms with E-state index in [0.29, 0.717) is 0 Å². The van der Waals surface area contributed by atoms with Gasteiger partial charge in [0.15, 0.2) is 0 Å². The van der Waals surface area contributed by atoms with Crippen molar-refractivity contribution in [3.05, 3.63) is 35.5 Å². The maximum atomic E-state index is 4.25. The summed E-state index contributed by atoms with van der Waals surface area (Å²) in [6, 6.07) is 2.03. The molecule has 2 N–H and O–H groups in total. The van der Waals surface area contributed by atoms with Crippen LogP contribution in [0.5, 0.6) is 0 Å². The minimum Gasteiger partial charge on any atom is -0.370 e. The molecule has 0 radical (unpaired) electrons. The number of nitrogens with one attached hydrogen (secondary N) is 2. The Kier molecular flexibility index (Phi) is 4.89. The summed E-state index contributed by atoms with van der Waals surface area (Å²) >= 11 is 0. The number of aromatic amines is 1. The van der Waals surface area contributed by atoms with Crippen molar-refractivity contribution in [2.75, 3.05) is 11.9 Å². The number of rotatable bonds is 7. The van der Waals surface area contributed by atoms with Gasteiger partial charge in [-0.1, -0.05) is 13.3 Å². The highest BCUT2D eigenvalue weighted by molar-refractivity contribution is 5.34. The van der Waals surface area contributed by atoms with Crippen molar-refractivity contribution in [2.45, 2.75) is 39.5 Å². The van der Waals surface area contributed by atoms with E-state index in [0.717, 1.165) is 49.4 Å². The molecule has 0 fully saturated rings. The van der Waals surface area contributed by atoms with Gasteiger partial charge in [-0.15, -0.1) is 0 Å². The fourth-order valence-electron chi connectivity index (χ4n) is 2.01. The molecule has 0 unspecified atom stereocenters. The monoisotopic (exact) mass is 259 g/mol. The van der Waals surface area contributed by atoms with E-state index in [1.54, 1.807) is 6.33 Å². The Bertz CT molecular complexity index is 506. The average molecular weight is 259 g/mol. The highest BCUT2D eigenvalue weighted by Gasteiger charge is 2.01. The van der Waals surface area contributed by atoms with E-state index < -0.39 is 0 Å². The van der Waals surface area contributed by atoms with Crippen LogP contribution in [0.4, 0.5) is 5.82 Å². The predicted octanol–water partition coefficient (Wildman–Crippen LogP) is 2.51. The summed E-state index contributed by atoms with van der Waals surface area (Å²) in [6.45, 7) is 5.12. The first-order chi connectivity index (χ1) is 9.29. The summed E-state index contributed by atoms with van der Waals surface area (Å²) in [6.07, 6.45) is 7.74. The first-order valence-electron chi connectivity index (χ1n) is 6.83. The van der Waals surface area contributed by atoms with Crippen molar-refractivity contribution in [3.63, 3.8) is 0 Å². The van der Waals surface area contributed by atoms with Crippen LogP contribution in [0.1, 0.15) is 36.7 Å². The number of anilines is 1. The minimum atomic E-state index is 0.910. The highest BCUT2D eigenvalue weighted by Crippen LogP contribution is 2.08. The summed E-state index contributed by atoms with van der Waals surface area (Å²) in [5.41, 5.74) is 3.55. The maximum Gasteiger partial charge on any atom is 0.129 e. The molecule has 0 aromatic carbocycles. The third-order valence-electron chi connectivity index (χ3n) is 3.09. The standard InChI is InChI=1S/C14H21N5/c1-3-5-13-8-14(17-10-16-13)15-7-4-6-12-9-18-19-11(12)2/h8-10H,3-7H2,1-2H3,(H,18,19)(H,15,16,17). The topological polar surface area (TPSA) is 66.5 Å². The molecule has 2 aromatic rings. The maximum absolute atomic E-state index is 4.25. The summed E-state index contributed by atoms with van der Waals surface area (Å²) in [7, 11) is 0. The zero-order chi connectivity index (χ0) is 13.5. The van der Waals surface area contributed by atoms with E-state index in [1.165, 1.54) is 5.56 Å². The Hall–Kier alpha value is -1.91. The quantitative estimate of drug-likeness (QED) is 0.750. The zero-order valence-electron chi connectivity index (χ0n) is 11.6. The molecule has 0 aliphatic carbocycles. The van der Waals surface area contributed by atoms with Crippen LogP contribution in [0.3, 0.4) is 0 Å². The van der Waals surface area contributed by atoms with Gasteiger partial charge in [0.2, 0.25) is 0 Å². The zero-order valence-corrected chi connectivity index (χ0v) is 11.6. The van der Waals surface area contributed by atoms with Crippen LogP contribution < -0.4 is 5.32 Å². The van der Waals surface area contributed by atoms with E-state index in [9.17, 15) is 0 Å². The van der Waals surface area contributed by atoms with Crippen LogP contribution in [-0.4, -0.2) is 26.7 Å². The van der Waals surface area contributed by atoms with Gasteiger partial charge in [0.05, 0.1) is 6.20 Å². The SMILES string of the molecule is CCCc1cc(NCCCc2cn[nH]c2C)ncn1. The number of nitrogens with zero attached hydrogens (tertiary/aromatic N) is 3. The van der Waals surface area contributed by atoms with Crippen LogP contribution in [-0.2, 0) is 12.8 Å². The summed E-state index contributed by atoms with van der Waals surface area (Å²) in [5, 5.41) is 10.3. The second kappa shape index (κ2) is 6.87. The molecule has 0 saturated carbocycles. The largest absolute Gasteiger partial charge is 0.370 e. The molecule has 0 saturated heterocycles. The Morgan fingerprint density at radius 3 is 2.89 bits per heavy atom. The number of hydrogen-bond donors (Lipinski definition) is 2. The predicted molar refractivity (Wildman–Crippen MR) is 76.2 cm³/mol. The first-order valence-corrected chi connectivity index (χ1v) is 6.83. The smallest absolute Gasteiger partial charge is 0.129 e. The van der Waals surface area contributed by atoms with Crippen molar-refractivity contribution in [3.8, 4) is 0 Å². The Morgan fingerprint density at radius 1 is 1.26 bits per heavy atom. The molecule has 5 heteroatoms. The van der Waals surface area contributed by atoms with Crippen LogP contribution >= 0.6 is 0 Å². The molecule has 2 rings (SSSR count). The third-order valence-corrected chi connectivity index (χ3v) is 3.09. The lowest BCUT2D eigenvalue weighted by Gasteiger charge is -2.06. The summed E-state index contributed by atoms with van der Waals surface area (Å²) in [4.78, 5) is 8.48. The van der Waals surface area contributed by atoms with Gasteiger partial charge >= 0.3 is 0 Å². The molecular formula is C14H21N5. The van der Waals surface area contributed by atoms with E-state index >= 15 is 0 Å². The number of aryl methyl sites for hydroxylation is 3. The van der Waals surface area contributed by atoms with Crippen molar-refractivity contribution >= 4 is 5.82 Å². The molecule has 2 heterocycles. The molecule has 2 aromatic heterocycles. The second-order valence-electron chi connectivity index (χ2n) is 4.70. The van der Waals surface area contributed by atoms with E-state index in [2.05, 4.69) is 39.3 Å². The van der Waals surface area contributed by atoms with Gasteiger partial charge in [-0.2, -0.15) is 5.10 Å². The van der Waals surface area contributed by atoms with Crippen molar-refractivity contribution in [1.29, 1.82) is 0 Å². The lowest BCUT2D eigenvalue weighted by atomic mass is 10.1. The molecule has 5 nitrogen and oxygen atoms in total. The van der Waals surface area contributed by atoms with E-state index in [4.69, 9.17) is 0 Å². The van der Waals surface area contributed by atoms with Crippen molar-refractivity contribution in [1.82, 2.24) is 20.2 Å². The van der Waals surface area contributed by atoms with E-state index in [1.807, 2.05) is 12.3 Å². The van der Waals surface area contributed by atoms with Crippen LogP contribution in [0.15, 0.2) is 18.6 Å². The average Bonchev–Trinajstić information content (AvgIpc) is 2.81. The number of hydrogen-bond acceptors (Lipinski definition) is 4. The van der Waals surface area contributed by atoms with Crippen molar-refractivity contribution in [2.24, 2.45) is 0 Å². The van der Waals surface area contributed by atoms with Gasteiger partial charge in [-0.25, -0.2) is 9.97 Å². The minimum absolute atomic E-state index is 0.910. The van der Waals surface area contributed by atoms with Gasteiger partial charge in [-0.3, -0.25) is 5.10 Å². The molecule has 102 valence electrons. The molecule has 0 aliphatic rings. The normalized spacial score (nSPS) is 10.6. The molecule has 0 amide bonds. The molecule has 0 bridgehead atoms. The van der Waals surface area contributed by atoms with Gasteiger partial charge in [-0.05, 0) is 31.7 Å². The Morgan fingerprint density at radius 2 is 2.16 bits per heavy atom.